The Bertz CT molecular complexity index is 1280. The summed E-state index contributed by atoms with van der Waals surface area (Å²) in [5, 5.41) is 0.501. The Labute approximate surface area is 227 Å². The average Bonchev–Trinajstić information content (AvgIpc) is 2.90. The third-order valence-electron chi connectivity index (χ3n) is 6.22. The number of amides is 1. The van der Waals surface area contributed by atoms with Crippen molar-refractivity contribution in [2.24, 2.45) is 0 Å². The minimum Gasteiger partial charge on any atom is -0.465 e. The fourth-order valence-corrected chi connectivity index (χ4v) is 4.68. The topological polar surface area (TPSA) is 90.9 Å². The van der Waals surface area contributed by atoms with E-state index in [1.165, 1.54) is 62.1 Å². The minimum atomic E-state index is -0.785. The van der Waals surface area contributed by atoms with Crippen molar-refractivity contribution >= 4 is 35.2 Å². The molecule has 200 valence electrons. The van der Waals surface area contributed by atoms with E-state index < -0.39 is 17.7 Å². The van der Waals surface area contributed by atoms with Gasteiger partial charge in [-0.05, 0) is 69.4 Å². The van der Waals surface area contributed by atoms with Crippen molar-refractivity contribution in [3.05, 3.63) is 71.0 Å². The van der Waals surface area contributed by atoms with Crippen LogP contribution in [0.25, 0.3) is 0 Å². The van der Waals surface area contributed by atoms with Crippen molar-refractivity contribution in [3.63, 3.8) is 0 Å². The number of methoxy groups -OCH3 is 1. The van der Waals surface area contributed by atoms with Crippen molar-refractivity contribution in [3.8, 4) is 11.6 Å². The van der Waals surface area contributed by atoms with Crippen LogP contribution in [-0.2, 0) is 9.47 Å². The fraction of sp³-hybridized carbons (Fsp3) is 0.379. The summed E-state index contributed by atoms with van der Waals surface area (Å²) >= 11 is 6.54. The second-order valence-electron chi connectivity index (χ2n) is 10.2. The Hall–Kier alpha value is -3.65. The average molecular weight is 538 g/mol. The summed E-state index contributed by atoms with van der Waals surface area (Å²) in [5.74, 6) is 0.732. The Morgan fingerprint density at radius 1 is 1.00 bits per heavy atom. The largest absolute Gasteiger partial charge is 0.465 e. The zero-order chi connectivity index (χ0) is 27.3. The normalized spacial score (nSPS) is 14.0. The highest BCUT2D eigenvalue weighted by Gasteiger charge is 2.29. The lowest BCUT2D eigenvalue weighted by Gasteiger charge is -2.27. The first kappa shape index (κ1) is 27.4. The van der Waals surface area contributed by atoms with Gasteiger partial charge in [0.2, 0.25) is 5.88 Å². The molecular weight excluding hydrogens is 506 g/mol. The number of halogens is 1. The highest BCUT2D eigenvalue weighted by molar-refractivity contribution is 6.32. The molecule has 1 aliphatic carbocycles. The zero-order valence-electron chi connectivity index (χ0n) is 22.1. The maximum absolute atomic E-state index is 13.2. The summed E-state index contributed by atoms with van der Waals surface area (Å²) < 4.78 is 16.4. The Kier molecular flexibility index (Phi) is 8.52. The van der Waals surface area contributed by atoms with Crippen LogP contribution in [0.15, 0.2) is 54.9 Å². The van der Waals surface area contributed by atoms with Gasteiger partial charge < -0.3 is 14.2 Å². The van der Waals surface area contributed by atoms with Crippen molar-refractivity contribution in [2.45, 2.75) is 64.4 Å². The number of carbonyl (C=O) groups is 2. The number of hydrogen-bond acceptors (Lipinski definition) is 7. The van der Waals surface area contributed by atoms with Gasteiger partial charge in [0.15, 0.2) is 5.82 Å². The molecule has 0 unspecified atom stereocenters. The SMILES string of the molecule is COC(=O)c1ccccc1N(C(=O)OC(C)(C)C)c1cnc(Oc2ccc(C3CCCCC3)cc2Cl)cn1. The molecule has 9 heteroatoms. The van der Waals surface area contributed by atoms with Gasteiger partial charge in [-0.25, -0.2) is 24.5 Å². The lowest BCUT2D eigenvalue weighted by atomic mass is 9.84. The third kappa shape index (κ3) is 6.61. The van der Waals surface area contributed by atoms with Crippen molar-refractivity contribution in [2.75, 3.05) is 12.0 Å². The fourth-order valence-electron chi connectivity index (χ4n) is 4.45. The predicted molar refractivity (Wildman–Crippen MR) is 146 cm³/mol. The smallest absolute Gasteiger partial charge is 0.420 e. The molecule has 4 rings (SSSR count). The molecule has 1 fully saturated rings. The first-order chi connectivity index (χ1) is 18.2. The molecule has 0 radical (unpaired) electrons. The van der Waals surface area contributed by atoms with Crippen LogP contribution < -0.4 is 9.64 Å². The standard InChI is InChI=1S/C29H32ClN3O5/c1-29(2,3)38-28(35)33(23-13-9-8-12-21(23)27(34)36-4)25-17-32-26(18-31-25)37-24-15-14-20(16-22(24)30)19-10-6-5-7-11-19/h8-9,12-19H,5-7,10-11H2,1-4H3. The van der Waals surface area contributed by atoms with E-state index in [2.05, 4.69) is 9.97 Å². The van der Waals surface area contributed by atoms with Crippen molar-refractivity contribution in [1.29, 1.82) is 0 Å². The second kappa shape index (κ2) is 11.8. The first-order valence-corrected chi connectivity index (χ1v) is 13.0. The summed E-state index contributed by atoms with van der Waals surface area (Å²) in [7, 11) is 1.27. The summed E-state index contributed by atoms with van der Waals surface area (Å²) in [6.07, 6.45) is 8.17. The summed E-state index contributed by atoms with van der Waals surface area (Å²) in [4.78, 5) is 35.6. The van der Waals surface area contributed by atoms with Gasteiger partial charge in [0, 0.05) is 0 Å². The van der Waals surface area contributed by atoms with Crippen LogP contribution >= 0.6 is 11.6 Å². The van der Waals surface area contributed by atoms with E-state index in [1.807, 2.05) is 18.2 Å². The number of para-hydroxylation sites is 1. The van der Waals surface area contributed by atoms with Crippen LogP contribution in [0.1, 0.15) is 74.7 Å². The van der Waals surface area contributed by atoms with Gasteiger partial charge in [0.25, 0.3) is 0 Å². The number of esters is 1. The molecule has 1 saturated carbocycles. The molecule has 0 spiro atoms. The quantitative estimate of drug-likeness (QED) is 0.296. The molecule has 1 aromatic heterocycles. The molecule has 0 atom stereocenters. The number of ether oxygens (including phenoxy) is 3. The van der Waals surface area contributed by atoms with Gasteiger partial charge in [-0.1, -0.05) is 49.1 Å². The molecular formula is C29H32ClN3O5. The Morgan fingerprint density at radius 2 is 1.74 bits per heavy atom. The van der Waals surface area contributed by atoms with E-state index in [0.717, 1.165) is 0 Å². The summed E-state index contributed by atoms with van der Waals surface area (Å²) in [6, 6.07) is 12.4. The molecule has 3 aromatic rings. The van der Waals surface area contributed by atoms with Crippen LogP contribution in [0.4, 0.5) is 16.3 Å². The molecule has 0 N–H and O–H groups in total. The van der Waals surface area contributed by atoms with Crippen molar-refractivity contribution < 1.29 is 23.8 Å². The van der Waals surface area contributed by atoms with Gasteiger partial charge in [-0.2, -0.15) is 0 Å². The lowest BCUT2D eigenvalue weighted by Crippen LogP contribution is -2.35. The van der Waals surface area contributed by atoms with Gasteiger partial charge in [0.05, 0.1) is 35.8 Å². The van der Waals surface area contributed by atoms with E-state index in [9.17, 15) is 9.59 Å². The number of nitrogens with zero attached hydrogens (tertiary/aromatic N) is 3. The highest BCUT2D eigenvalue weighted by atomic mass is 35.5. The molecule has 0 bridgehead atoms. The Morgan fingerprint density at radius 3 is 2.37 bits per heavy atom. The monoisotopic (exact) mass is 537 g/mol. The first-order valence-electron chi connectivity index (χ1n) is 12.7. The highest BCUT2D eigenvalue weighted by Crippen LogP contribution is 2.37. The zero-order valence-corrected chi connectivity index (χ0v) is 22.8. The lowest BCUT2D eigenvalue weighted by molar-refractivity contribution is 0.0595. The number of anilines is 2. The predicted octanol–water partition coefficient (Wildman–Crippen LogP) is 7.83. The van der Waals surface area contributed by atoms with Crippen molar-refractivity contribution in [1.82, 2.24) is 9.97 Å². The number of benzene rings is 2. The maximum atomic E-state index is 13.2. The van der Waals surface area contributed by atoms with Crippen LogP contribution in [0.5, 0.6) is 11.6 Å². The van der Waals surface area contributed by atoms with Gasteiger partial charge in [0.1, 0.15) is 11.4 Å². The van der Waals surface area contributed by atoms with E-state index in [0.29, 0.717) is 16.7 Å². The molecule has 0 aliphatic heterocycles. The molecule has 0 saturated heterocycles. The summed E-state index contributed by atoms with van der Waals surface area (Å²) in [5.41, 5.74) is 0.860. The number of rotatable bonds is 6. The van der Waals surface area contributed by atoms with E-state index in [1.54, 1.807) is 45.0 Å². The van der Waals surface area contributed by atoms with E-state index in [-0.39, 0.29) is 22.9 Å². The molecule has 1 amide bonds. The van der Waals surface area contributed by atoms with Gasteiger partial charge in [-0.3, -0.25) is 0 Å². The minimum absolute atomic E-state index is 0.140. The molecule has 38 heavy (non-hydrogen) atoms. The molecule has 2 aromatic carbocycles. The van der Waals surface area contributed by atoms with Crippen LogP contribution in [0.3, 0.4) is 0 Å². The van der Waals surface area contributed by atoms with E-state index >= 15 is 0 Å². The molecule has 8 nitrogen and oxygen atoms in total. The number of carbonyl (C=O) groups excluding carboxylic acids is 2. The number of hydrogen-bond donors (Lipinski definition) is 0. The summed E-state index contributed by atoms with van der Waals surface area (Å²) in [6.45, 7) is 5.25. The number of aromatic nitrogens is 2. The van der Waals surface area contributed by atoms with E-state index in [4.69, 9.17) is 25.8 Å². The maximum Gasteiger partial charge on any atom is 0.420 e. The van der Waals surface area contributed by atoms with Crippen LogP contribution in [-0.4, -0.2) is 34.7 Å². The van der Waals surface area contributed by atoms with Gasteiger partial charge >= 0.3 is 12.1 Å². The van der Waals surface area contributed by atoms with Crippen LogP contribution in [0.2, 0.25) is 5.02 Å². The third-order valence-corrected chi connectivity index (χ3v) is 6.51. The second-order valence-corrected chi connectivity index (χ2v) is 10.6. The van der Waals surface area contributed by atoms with Crippen LogP contribution in [0, 0.1) is 0 Å². The molecule has 1 heterocycles. The molecule has 1 aliphatic rings. The van der Waals surface area contributed by atoms with Gasteiger partial charge in [-0.15, -0.1) is 0 Å². The Balaban J connectivity index is 1.60.